The van der Waals surface area contributed by atoms with Crippen LogP contribution < -0.4 is 10.6 Å². The van der Waals surface area contributed by atoms with Gasteiger partial charge in [-0.05, 0) is 19.8 Å². The number of hydrogen-bond acceptors (Lipinski definition) is 3. The van der Waals surface area contributed by atoms with Crippen LogP contribution in [0.3, 0.4) is 0 Å². The van der Waals surface area contributed by atoms with Gasteiger partial charge >= 0.3 is 0 Å². The highest BCUT2D eigenvalue weighted by Gasteiger charge is 2.16. The van der Waals surface area contributed by atoms with Gasteiger partial charge < -0.3 is 15.4 Å². The Balaban J connectivity index is 1.91. The Morgan fingerprint density at radius 2 is 2.12 bits per heavy atom. The van der Waals surface area contributed by atoms with Crippen molar-refractivity contribution >= 4 is 5.91 Å². The number of amides is 1. The second kappa shape index (κ2) is 8.25. The van der Waals surface area contributed by atoms with Crippen LogP contribution in [0.4, 0.5) is 0 Å². The fraction of sp³-hybridized carbons (Fsp3) is 0.769. The van der Waals surface area contributed by atoms with E-state index in [1.165, 1.54) is 12.8 Å². The summed E-state index contributed by atoms with van der Waals surface area (Å²) in [5.74, 6) is 0.0943. The second-order valence-electron chi connectivity index (χ2n) is 4.74. The molecular formula is C13H24N2O2. The molecule has 0 spiro atoms. The normalized spacial score (nSPS) is 16.1. The Kier molecular flexibility index (Phi) is 6.89. The minimum Gasteiger partial charge on any atom is -0.376 e. The molecule has 0 aliphatic heterocycles. The molecule has 1 saturated carbocycles. The quantitative estimate of drug-likeness (QED) is 0.495. The first-order chi connectivity index (χ1) is 8.18. The molecule has 0 aromatic carbocycles. The molecule has 0 aromatic heterocycles. The van der Waals surface area contributed by atoms with Crippen molar-refractivity contribution in [2.75, 3.05) is 26.3 Å². The first kappa shape index (κ1) is 14.2. The molecule has 4 nitrogen and oxygen atoms in total. The molecule has 0 saturated heterocycles. The predicted octanol–water partition coefficient (Wildman–Crippen LogP) is 1.23. The molecule has 98 valence electrons. The van der Waals surface area contributed by atoms with Crippen LogP contribution in [-0.2, 0) is 9.53 Å². The SMILES string of the molecule is C=C(C)COCCNCC(=O)NC1CCCC1. The van der Waals surface area contributed by atoms with E-state index in [2.05, 4.69) is 17.2 Å². The average Bonchev–Trinajstić information content (AvgIpc) is 2.75. The van der Waals surface area contributed by atoms with E-state index in [1.807, 2.05) is 6.92 Å². The van der Waals surface area contributed by atoms with Crippen molar-refractivity contribution in [2.24, 2.45) is 0 Å². The van der Waals surface area contributed by atoms with E-state index in [0.717, 1.165) is 18.4 Å². The van der Waals surface area contributed by atoms with Crippen LogP contribution >= 0.6 is 0 Å². The summed E-state index contributed by atoms with van der Waals surface area (Å²) in [6, 6.07) is 0.406. The molecule has 1 amide bonds. The van der Waals surface area contributed by atoms with E-state index in [0.29, 0.717) is 32.3 Å². The Morgan fingerprint density at radius 1 is 1.41 bits per heavy atom. The van der Waals surface area contributed by atoms with Crippen LogP contribution in [0.5, 0.6) is 0 Å². The fourth-order valence-electron chi connectivity index (χ4n) is 1.94. The summed E-state index contributed by atoms with van der Waals surface area (Å²) < 4.78 is 5.32. The maximum Gasteiger partial charge on any atom is 0.234 e. The molecule has 0 radical (unpaired) electrons. The molecule has 1 aliphatic rings. The van der Waals surface area contributed by atoms with Gasteiger partial charge in [0, 0.05) is 12.6 Å². The molecule has 0 heterocycles. The zero-order valence-electron chi connectivity index (χ0n) is 10.8. The molecule has 1 aliphatic carbocycles. The van der Waals surface area contributed by atoms with Crippen LogP contribution in [0.1, 0.15) is 32.6 Å². The molecule has 4 heteroatoms. The van der Waals surface area contributed by atoms with Gasteiger partial charge in [0.05, 0.1) is 19.8 Å². The largest absolute Gasteiger partial charge is 0.376 e. The van der Waals surface area contributed by atoms with Gasteiger partial charge in [0.15, 0.2) is 0 Å². The summed E-state index contributed by atoms with van der Waals surface area (Å²) in [5.41, 5.74) is 1.02. The van der Waals surface area contributed by atoms with Gasteiger partial charge in [-0.2, -0.15) is 0 Å². The molecule has 0 bridgehead atoms. The third-order valence-electron chi connectivity index (χ3n) is 2.78. The lowest BCUT2D eigenvalue weighted by Crippen LogP contribution is -2.39. The van der Waals surface area contributed by atoms with Gasteiger partial charge in [0.25, 0.3) is 0 Å². The van der Waals surface area contributed by atoms with Gasteiger partial charge in [0.1, 0.15) is 0 Å². The molecule has 0 atom stereocenters. The molecule has 1 rings (SSSR count). The molecule has 1 fully saturated rings. The Labute approximate surface area is 104 Å². The van der Waals surface area contributed by atoms with Gasteiger partial charge in [-0.25, -0.2) is 0 Å². The van der Waals surface area contributed by atoms with Crippen molar-refractivity contribution in [1.29, 1.82) is 0 Å². The minimum absolute atomic E-state index is 0.0943. The maximum atomic E-state index is 11.5. The number of carbonyl (C=O) groups is 1. The van der Waals surface area contributed by atoms with E-state index in [1.54, 1.807) is 0 Å². The van der Waals surface area contributed by atoms with E-state index in [-0.39, 0.29) is 5.91 Å². The highest BCUT2D eigenvalue weighted by atomic mass is 16.5. The van der Waals surface area contributed by atoms with E-state index in [4.69, 9.17) is 4.74 Å². The Bertz CT molecular complexity index is 248. The maximum absolute atomic E-state index is 11.5. The summed E-state index contributed by atoms with van der Waals surface area (Å²) in [7, 11) is 0. The van der Waals surface area contributed by atoms with Crippen molar-refractivity contribution in [3.8, 4) is 0 Å². The molecule has 17 heavy (non-hydrogen) atoms. The Morgan fingerprint density at radius 3 is 2.76 bits per heavy atom. The summed E-state index contributed by atoms with van der Waals surface area (Å²) >= 11 is 0. The molecule has 0 unspecified atom stereocenters. The standard InChI is InChI=1S/C13H24N2O2/c1-11(2)10-17-8-7-14-9-13(16)15-12-5-3-4-6-12/h12,14H,1,3-10H2,2H3,(H,15,16). The monoisotopic (exact) mass is 240 g/mol. The lowest BCUT2D eigenvalue weighted by Gasteiger charge is -2.12. The van der Waals surface area contributed by atoms with Crippen LogP contribution in [0.15, 0.2) is 12.2 Å². The van der Waals surface area contributed by atoms with Gasteiger partial charge in [-0.15, -0.1) is 0 Å². The van der Waals surface area contributed by atoms with Crippen LogP contribution in [0.25, 0.3) is 0 Å². The van der Waals surface area contributed by atoms with E-state index in [9.17, 15) is 4.79 Å². The fourth-order valence-corrected chi connectivity index (χ4v) is 1.94. The van der Waals surface area contributed by atoms with Crippen molar-refractivity contribution in [3.63, 3.8) is 0 Å². The van der Waals surface area contributed by atoms with Gasteiger partial charge in [-0.3, -0.25) is 4.79 Å². The highest BCUT2D eigenvalue weighted by Crippen LogP contribution is 2.17. The number of rotatable bonds is 8. The van der Waals surface area contributed by atoms with Gasteiger partial charge in [-0.1, -0.05) is 25.0 Å². The lowest BCUT2D eigenvalue weighted by molar-refractivity contribution is -0.120. The molecule has 2 N–H and O–H groups in total. The predicted molar refractivity (Wildman–Crippen MR) is 68.9 cm³/mol. The average molecular weight is 240 g/mol. The first-order valence-electron chi connectivity index (χ1n) is 6.40. The number of nitrogens with one attached hydrogen (secondary N) is 2. The zero-order chi connectivity index (χ0) is 12.5. The second-order valence-corrected chi connectivity index (χ2v) is 4.74. The minimum atomic E-state index is 0.0943. The number of ether oxygens (including phenoxy) is 1. The van der Waals surface area contributed by atoms with Crippen molar-refractivity contribution in [1.82, 2.24) is 10.6 Å². The van der Waals surface area contributed by atoms with E-state index < -0.39 is 0 Å². The zero-order valence-corrected chi connectivity index (χ0v) is 10.8. The highest BCUT2D eigenvalue weighted by molar-refractivity contribution is 5.78. The lowest BCUT2D eigenvalue weighted by atomic mass is 10.2. The first-order valence-corrected chi connectivity index (χ1v) is 6.40. The summed E-state index contributed by atoms with van der Waals surface area (Å²) in [5, 5.41) is 6.10. The van der Waals surface area contributed by atoms with Crippen LogP contribution in [-0.4, -0.2) is 38.3 Å². The molecule has 0 aromatic rings. The number of hydrogen-bond donors (Lipinski definition) is 2. The summed E-state index contributed by atoms with van der Waals surface area (Å²) in [6.07, 6.45) is 4.75. The van der Waals surface area contributed by atoms with Crippen LogP contribution in [0, 0.1) is 0 Å². The van der Waals surface area contributed by atoms with Crippen LogP contribution in [0.2, 0.25) is 0 Å². The molecular weight excluding hydrogens is 216 g/mol. The summed E-state index contributed by atoms with van der Waals surface area (Å²) in [4.78, 5) is 11.5. The van der Waals surface area contributed by atoms with Crippen molar-refractivity contribution in [3.05, 3.63) is 12.2 Å². The topological polar surface area (TPSA) is 50.4 Å². The van der Waals surface area contributed by atoms with Crippen molar-refractivity contribution in [2.45, 2.75) is 38.6 Å². The van der Waals surface area contributed by atoms with Gasteiger partial charge in [0.2, 0.25) is 5.91 Å². The number of carbonyl (C=O) groups excluding carboxylic acids is 1. The van der Waals surface area contributed by atoms with Crippen molar-refractivity contribution < 1.29 is 9.53 Å². The Hall–Kier alpha value is -0.870. The third-order valence-corrected chi connectivity index (χ3v) is 2.78. The smallest absolute Gasteiger partial charge is 0.234 e. The van der Waals surface area contributed by atoms with E-state index >= 15 is 0 Å². The summed E-state index contributed by atoms with van der Waals surface area (Å²) in [6.45, 7) is 7.97. The third kappa shape index (κ3) is 7.13.